The van der Waals surface area contributed by atoms with Crippen molar-refractivity contribution in [2.75, 3.05) is 53.5 Å². The van der Waals surface area contributed by atoms with Gasteiger partial charge in [0.1, 0.15) is 0 Å². The minimum absolute atomic E-state index is 0.187. The minimum atomic E-state index is 0.187. The van der Waals surface area contributed by atoms with Gasteiger partial charge < -0.3 is 9.64 Å². The van der Waals surface area contributed by atoms with Crippen LogP contribution in [0.2, 0.25) is 0 Å². The van der Waals surface area contributed by atoms with Gasteiger partial charge in [-0.3, -0.25) is 14.6 Å². The molecule has 148 valence electrons. The second-order valence-electron chi connectivity index (χ2n) is 7.93. The Kier molecular flexibility index (Phi) is 6.68. The molecule has 2 saturated heterocycles. The normalized spacial score (nSPS) is 20.7. The van der Waals surface area contributed by atoms with E-state index in [1.165, 1.54) is 11.1 Å². The van der Waals surface area contributed by atoms with Crippen LogP contribution in [-0.4, -0.2) is 79.6 Å². The van der Waals surface area contributed by atoms with E-state index in [1.807, 2.05) is 11.0 Å². The molecule has 0 saturated carbocycles. The van der Waals surface area contributed by atoms with Gasteiger partial charge in [-0.25, -0.2) is 0 Å². The molecule has 0 N–H and O–H groups in total. The molecular weight excluding hydrogens is 338 g/mol. The number of ether oxygens (including phenoxy) is 1. The Hall–Kier alpha value is -1.69. The van der Waals surface area contributed by atoms with Crippen molar-refractivity contribution >= 4 is 12.0 Å². The molecule has 2 heterocycles. The summed E-state index contributed by atoms with van der Waals surface area (Å²) in [6.45, 7) is 10.3. The average molecular weight is 372 g/mol. The highest BCUT2D eigenvalue weighted by atomic mass is 16.5. The van der Waals surface area contributed by atoms with Crippen molar-refractivity contribution in [3.8, 4) is 0 Å². The molecule has 2 aliphatic heterocycles. The van der Waals surface area contributed by atoms with Gasteiger partial charge >= 0.3 is 0 Å². The summed E-state index contributed by atoms with van der Waals surface area (Å²) >= 11 is 0. The van der Waals surface area contributed by atoms with Crippen molar-refractivity contribution in [1.82, 2.24) is 14.7 Å². The van der Waals surface area contributed by atoms with E-state index in [-0.39, 0.29) is 11.4 Å². The molecule has 5 heteroatoms. The zero-order valence-corrected chi connectivity index (χ0v) is 16.8. The largest absolute Gasteiger partial charge is 0.384 e. The molecule has 0 aliphatic carbocycles. The van der Waals surface area contributed by atoms with Crippen molar-refractivity contribution in [3.63, 3.8) is 0 Å². The molecular formula is C22H33N3O2. The van der Waals surface area contributed by atoms with Crippen LogP contribution >= 0.6 is 0 Å². The number of amides is 1. The van der Waals surface area contributed by atoms with Crippen LogP contribution in [0.1, 0.15) is 30.4 Å². The summed E-state index contributed by atoms with van der Waals surface area (Å²) in [5, 5.41) is 0. The van der Waals surface area contributed by atoms with Crippen LogP contribution in [0.15, 0.2) is 30.8 Å². The molecule has 1 amide bonds. The van der Waals surface area contributed by atoms with Gasteiger partial charge in [-0.05, 0) is 31.0 Å². The number of piperazine rings is 1. The smallest absolute Gasteiger partial charge is 0.224 e. The highest BCUT2D eigenvalue weighted by molar-refractivity contribution is 5.76. The van der Waals surface area contributed by atoms with Crippen LogP contribution in [0.5, 0.6) is 0 Å². The van der Waals surface area contributed by atoms with Gasteiger partial charge in [-0.2, -0.15) is 0 Å². The van der Waals surface area contributed by atoms with E-state index in [9.17, 15) is 4.79 Å². The summed E-state index contributed by atoms with van der Waals surface area (Å²) in [6, 6.07) is 8.64. The second kappa shape index (κ2) is 9.00. The summed E-state index contributed by atoms with van der Waals surface area (Å²) in [4.78, 5) is 19.4. The summed E-state index contributed by atoms with van der Waals surface area (Å²) in [6.07, 6.45) is 4.49. The second-order valence-corrected chi connectivity index (χ2v) is 7.93. The number of nitrogens with zero attached hydrogens (tertiary/aromatic N) is 3. The van der Waals surface area contributed by atoms with Gasteiger partial charge in [0.15, 0.2) is 0 Å². The fourth-order valence-corrected chi connectivity index (χ4v) is 4.42. The molecule has 0 aromatic heterocycles. The number of hydrogen-bond acceptors (Lipinski definition) is 4. The number of likely N-dealkylation sites (tertiary alicyclic amines) is 1. The molecule has 2 aliphatic rings. The lowest BCUT2D eigenvalue weighted by molar-refractivity contribution is -0.135. The first kappa shape index (κ1) is 20.1. The van der Waals surface area contributed by atoms with Crippen LogP contribution < -0.4 is 0 Å². The third-order valence-corrected chi connectivity index (χ3v) is 6.24. The Labute approximate surface area is 163 Å². The molecule has 0 bridgehead atoms. The van der Waals surface area contributed by atoms with Gasteiger partial charge in [0.25, 0.3) is 0 Å². The van der Waals surface area contributed by atoms with Gasteiger partial charge in [0.2, 0.25) is 5.91 Å². The van der Waals surface area contributed by atoms with Gasteiger partial charge in [-0.15, -0.1) is 0 Å². The highest BCUT2D eigenvalue weighted by Crippen LogP contribution is 2.32. The van der Waals surface area contributed by atoms with E-state index in [4.69, 9.17) is 4.74 Å². The number of rotatable bonds is 6. The molecule has 1 aromatic carbocycles. The zero-order valence-electron chi connectivity index (χ0n) is 16.8. The topological polar surface area (TPSA) is 36.0 Å². The van der Waals surface area contributed by atoms with Gasteiger partial charge in [0.05, 0.1) is 13.0 Å². The maximum atomic E-state index is 12.3. The quantitative estimate of drug-likeness (QED) is 0.770. The standard InChI is InChI=1S/C22H33N3O2/c1-4-19-6-5-7-20(16-19)17-24-14-13-23(2)22(18-24)9-11-25(12-10-22)21(26)8-15-27-3/h4-7,16H,1,8-15,17-18H2,2-3H3. The Morgan fingerprint density at radius 3 is 2.74 bits per heavy atom. The van der Waals surface area contributed by atoms with Crippen LogP contribution in [-0.2, 0) is 16.1 Å². The van der Waals surface area contributed by atoms with E-state index in [2.05, 4.69) is 47.7 Å². The van der Waals surface area contributed by atoms with E-state index in [0.717, 1.165) is 52.1 Å². The fourth-order valence-electron chi connectivity index (χ4n) is 4.42. The Morgan fingerprint density at radius 2 is 2.04 bits per heavy atom. The Balaban J connectivity index is 1.60. The van der Waals surface area contributed by atoms with E-state index >= 15 is 0 Å². The number of piperidine rings is 1. The van der Waals surface area contributed by atoms with Crippen LogP contribution in [0.25, 0.3) is 6.08 Å². The Bertz CT molecular complexity index is 653. The number of likely N-dealkylation sites (N-methyl/N-ethyl adjacent to an activating group) is 1. The van der Waals surface area contributed by atoms with E-state index in [1.54, 1.807) is 7.11 Å². The summed E-state index contributed by atoms with van der Waals surface area (Å²) in [5.74, 6) is 0.225. The molecule has 0 unspecified atom stereocenters. The van der Waals surface area contributed by atoms with Crippen molar-refractivity contribution < 1.29 is 9.53 Å². The van der Waals surface area contributed by atoms with Gasteiger partial charge in [-0.1, -0.05) is 36.9 Å². The molecule has 1 aromatic rings. The SMILES string of the molecule is C=Cc1cccc(CN2CCN(C)C3(CCN(C(=O)CCOC)CC3)C2)c1. The minimum Gasteiger partial charge on any atom is -0.384 e. The molecule has 0 atom stereocenters. The number of carbonyl (C=O) groups excluding carboxylic acids is 1. The lowest BCUT2D eigenvalue weighted by Gasteiger charge is -2.53. The molecule has 5 nitrogen and oxygen atoms in total. The zero-order chi connectivity index (χ0) is 19.3. The summed E-state index contributed by atoms with van der Waals surface area (Å²) in [5.41, 5.74) is 2.71. The maximum absolute atomic E-state index is 12.3. The molecule has 1 spiro atoms. The van der Waals surface area contributed by atoms with Crippen LogP contribution in [0.3, 0.4) is 0 Å². The first-order valence-electron chi connectivity index (χ1n) is 9.98. The summed E-state index contributed by atoms with van der Waals surface area (Å²) < 4.78 is 5.05. The molecule has 27 heavy (non-hydrogen) atoms. The number of methoxy groups -OCH3 is 1. The average Bonchev–Trinajstić information content (AvgIpc) is 2.70. The fraction of sp³-hybridized carbons (Fsp3) is 0.591. The first-order chi connectivity index (χ1) is 13.1. The lowest BCUT2D eigenvalue weighted by Crippen LogP contribution is -2.64. The molecule has 2 fully saturated rings. The number of carbonyl (C=O) groups is 1. The van der Waals surface area contributed by atoms with E-state index < -0.39 is 0 Å². The Morgan fingerprint density at radius 1 is 1.26 bits per heavy atom. The predicted octanol–water partition coefficient (Wildman–Crippen LogP) is 2.47. The van der Waals surface area contributed by atoms with Gasteiger partial charge in [0, 0.05) is 51.9 Å². The van der Waals surface area contributed by atoms with Crippen LogP contribution in [0.4, 0.5) is 0 Å². The number of benzene rings is 1. The lowest BCUT2D eigenvalue weighted by atomic mass is 9.83. The first-order valence-corrected chi connectivity index (χ1v) is 9.98. The van der Waals surface area contributed by atoms with E-state index in [0.29, 0.717) is 13.0 Å². The monoisotopic (exact) mass is 371 g/mol. The van der Waals surface area contributed by atoms with Crippen molar-refractivity contribution in [2.45, 2.75) is 31.3 Å². The third-order valence-electron chi connectivity index (χ3n) is 6.24. The van der Waals surface area contributed by atoms with Crippen LogP contribution in [0, 0.1) is 0 Å². The maximum Gasteiger partial charge on any atom is 0.224 e. The molecule has 3 rings (SSSR count). The highest BCUT2D eigenvalue weighted by Gasteiger charge is 2.42. The van der Waals surface area contributed by atoms with Crippen molar-refractivity contribution in [3.05, 3.63) is 42.0 Å². The van der Waals surface area contributed by atoms with Crippen molar-refractivity contribution in [1.29, 1.82) is 0 Å². The predicted molar refractivity (Wildman–Crippen MR) is 109 cm³/mol. The number of hydrogen-bond donors (Lipinski definition) is 0. The van der Waals surface area contributed by atoms with Crippen molar-refractivity contribution in [2.24, 2.45) is 0 Å². The summed E-state index contributed by atoms with van der Waals surface area (Å²) in [7, 11) is 3.90. The third kappa shape index (κ3) is 4.78. The molecule has 0 radical (unpaired) electrons.